The summed E-state index contributed by atoms with van der Waals surface area (Å²) in [6.45, 7) is 3.96. The Bertz CT molecular complexity index is 490. The SMILES string of the molecule is Cc1ncn(-c2nc(Cl)c(CCl)s2)c1C. The molecule has 0 saturated carbocycles. The minimum atomic E-state index is 0.392. The molecule has 0 aromatic carbocycles. The van der Waals surface area contributed by atoms with Crippen molar-refractivity contribution in [1.82, 2.24) is 14.5 Å². The van der Waals surface area contributed by atoms with E-state index < -0.39 is 0 Å². The molecule has 2 heterocycles. The van der Waals surface area contributed by atoms with Crippen LogP contribution in [-0.2, 0) is 5.88 Å². The minimum Gasteiger partial charge on any atom is -0.279 e. The molecule has 0 spiro atoms. The van der Waals surface area contributed by atoms with Gasteiger partial charge in [-0.3, -0.25) is 4.57 Å². The number of nitrogens with zero attached hydrogens (tertiary/aromatic N) is 3. The first kappa shape index (κ1) is 10.9. The highest BCUT2D eigenvalue weighted by molar-refractivity contribution is 7.14. The zero-order valence-corrected chi connectivity index (χ0v) is 10.6. The van der Waals surface area contributed by atoms with Crippen molar-refractivity contribution in [3.63, 3.8) is 0 Å². The molecule has 0 saturated heterocycles. The molecule has 3 nitrogen and oxygen atoms in total. The van der Waals surface area contributed by atoms with E-state index in [1.54, 1.807) is 6.33 Å². The van der Waals surface area contributed by atoms with Crippen molar-refractivity contribution in [2.45, 2.75) is 19.7 Å². The molecule has 2 rings (SSSR count). The van der Waals surface area contributed by atoms with Crippen molar-refractivity contribution < 1.29 is 0 Å². The van der Waals surface area contributed by atoms with E-state index in [0.29, 0.717) is 11.0 Å². The number of alkyl halides is 1. The maximum absolute atomic E-state index is 5.94. The molecular weight excluding hydrogens is 253 g/mol. The maximum atomic E-state index is 5.94. The minimum absolute atomic E-state index is 0.392. The Balaban J connectivity index is 2.50. The van der Waals surface area contributed by atoms with Gasteiger partial charge in [-0.1, -0.05) is 22.9 Å². The second-order valence-electron chi connectivity index (χ2n) is 3.13. The predicted octanol–water partition coefficient (Wildman–Crippen LogP) is 3.34. The lowest BCUT2D eigenvalue weighted by atomic mass is 10.4. The first-order chi connectivity index (χ1) is 7.13. The molecule has 6 heteroatoms. The summed E-state index contributed by atoms with van der Waals surface area (Å²) in [6.07, 6.45) is 1.75. The third-order valence-corrected chi connectivity index (χ3v) is 4.12. The average Bonchev–Trinajstić information content (AvgIpc) is 2.72. The van der Waals surface area contributed by atoms with Crippen molar-refractivity contribution in [3.05, 3.63) is 27.7 Å². The van der Waals surface area contributed by atoms with Crippen LogP contribution in [0, 0.1) is 13.8 Å². The van der Waals surface area contributed by atoms with Crippen LogP contribution >= 0.6 is 34.5 Å². The van der Waals surface area contributed by atoms with Crippen LogP contribution in [0.1, 0.15) is 16.3 Å². The molecule has 15 heavy (non-hydrogen) atoms. The highest BCUT2D eigenvalue weighted by Gasteiger charge is 2.12. The number of imidazole rings is 1. The van der Waals surface area contributed by atoms with Crippen LogP contribution in [0.3, 0.4) is 0 Å². The summed E-state index contributed by atoms with van der Waals surface area (Å²) in [5.74, 6) is 0.392. The fourth-order valence-electron chi connectivity index (χ4n) is 1.20. The Morgan fingerprint density at radius 3 is 2.67 bits per heavy atom. The molecule has 0 aliphatic heterocycles. The summed E-state index contributed by atoms with van der Waals surface area (Å²) in [5, 5.41) is 1.30. The Kier molecular flexibility index (Phi) is 3.00. The molecule has 0 fully saturated rings. The lowest BCUT2D eigenvalue weighted by molar-refractivity contribution is 0.982. The van der Waals surface area contributed by atoms with Gasteiger partial charge in [-0.15, -0.1) is 11.6 Å². The van der Waals surface area contributed by atoms with Gasteiger partial charge in [0, 0.05) is 5.69 Å². The van der Waals surface area contributed by atoms with E-state index in [-0.39, 0.29) is 0 Å². The van der Waals surface area contributed by atoms with E-state index in [1.165, 1.54) is 11.3 Å². The molecule has 0 bridgehead atoms. The van der Waals surface area contributed by atoms with Crippen LogP contribution in [-0.4, -0.2) is 14.5 Å². The number of aryl methyl sites for hydroxylation is 1. The monoisotopic (exact) mass is 261 g/mol. The molecule has 2 aromatic heterocycles. The zero-order valence-electron chi connectivity index (χ0n) is 8.29. The van der Waals surface area contributed by atoms with Gasteiger partial charge in [-0.2, -0.15) is 0 Å². The number of hydrogen-bond donors (Lipinski definition) is 0. The Morgan fingerprint density at radius 2 is 2.20 bits per heavy atom. The molecule has 0 unspecified atom stereocenters. The van der Waals surface area contributed by atoms with Crippen LogP contribution in [0.15, 0.2) is 6.33 Å². The normalized spacial score (nSPS) is 10.9. The summed E-state index contributed by atoms with van der Waals surface area (Å²) in [7, 11) is 0. The quantitative estimate of drug-likeness (QED) is 0.777. The molecule has 0 aliphatic carbocycles. The highest BCUT2D eigenvalue weighted by Crippen LogP contribution is 2.28. The first-order valence-electron chi connectivity index (χ1n) is 4.35. The number of rotatable bonds is 2. The molecular formula is C9H9Cl2N3S. The third-order valence-electron chi connectivity index (χ3n) is 2.22. The maximum Gasteiger partial charge on any atom is 0.196 e. The largest absolute Gasteiger partial charge is 0.279 e. The van der Waals surface area contributed by atoms with Gasteiger partial charge >= 0.3 is 0 Å². The van der Waals surface area contributed by atoms with E-state index >= 15 is 0 Å². The Hall–Kier alpha value is -0.580. The van der Waals surface area contributed by atoms with Gasteiger partial charge in [0.15, 0.2) is 5.13 Å². The van der Waals surface area contributed by atoms with Crippen molar-refractivity contribution in [2.24, 2.45) is 0 Å². The van der Waals surface area contributed by atoms with Gasteiger partial charge < -0.3 is 0 Å². The standard InChI is InChI=1S/C9H9Cl2N3S/c1-5-6(2)14(4-12-5)9-13-8(11)7(3-10)15-9/h4H,3H2,1-2H3. The molecule has 0 amide bonds. The van der Waals surface area contributed by atoms with E-state index in [4.69, 9.17) is 23.2 Å². The number of halogens is 2. The summed E-state index contributed by atoms with van der Waals surface area (Å²) in [4.78, 5) is 9.35. The molecule has 0 atom stereocenters. The van der Waals surface area contributed by atoms with Crippen molar-refractivity contribution in [1.29, 1.82) is 0 Å². The van der Waals surface area contributed by atoms with Crippen LogP contribution in [0.5, 0.6) is 0 Å². The summed E-state index contributed by atoms with van der Waals surface area (Å²) < 4.78 is 1.92. The Labute approximate surface area is 102 Å². The molecule has 2 aromatic rings. The van der Waals surface area contributed by atoms with Gasteiger partial charge in [0.2, 0.25) is 0 Å². The number of thiazole rings is 1. The van der Waals surface area contributed by atoms with Crippen LogP contribution in [0.4, 0.5) is 0 Å². The lowest BCUT2D eigenvalue weighted by Crippen LogP contribution is -1.93. The molecule has 0 N–H and O–H groups in total. The van der Waals surface area contributed by atoms with Crippen molar-refractivity contribution in [2.75, 3.05) is 0 Å². The molecule has 0 aliphatic rings. The fraction of sp³-hybridized carbons (Fsp3) is 0.333. The van der Waals surface area contributed by atoms with E-state index in [1.807, 2.05) is 18.4 Å². The van der Waals surface area contributed by atoms with E-state index in [2.05, 4.69) is 9.97 Å². The lowest BCUT2D eigenvalue weighted by Gasteiger charge is -1.98. The summed E-state index contributed by atoms with van der Waals surface area (Å²) in [6, 6.07) is 0. The second kappa shape index (κ2) is 4.12. The molecule has 80 valence electrons. The van der Waals surface area contributed by atoms with E-state index in [0.717, 1.165) is 21.4 Å². The Morgan fingerprint density at radius 1 is 1.47 bits per heavy atom. The van der Waals surface area contributed by atoms with Crippen molar-refractivity contribution in [3.8, 4) is 5.13 Å². The second-order valence-corrected chi connectivity index (χ2v) is 4.82. The van der Waals surface area contributed by atoms with Gasteiger partial charge in [0.25, 0.3) is 0 Å². The third kappa shape index (κ3) is 1.89. The van der Waals surface area contributed by atoms with Gasteiger partial charge in [-0.25, -0.2) is 9.97 Å². The van der Waals surface area contributed by atoms with Crippen LogP contribution in [0.2, 0.25) is 5.15 Å². The highest BCUT2D eigenvalue weighted by atomic mass is 35.5. The smallest absolute Gasteiger partial charge is 0.196 e. The topological polar surface area (TPSA) is 30.7 Å². The zero-order chi connectivity index (χ0) is 11.0. The fourth-order valence-corrected chi connectivity index (χ4v) is 2.69. The van der Waals surface area contributed by atoms with E-state index in [9.17, 15) is 0 Å². The van der Waals surface area contributed by atoms with Crippen molar-refractivity contribution >= 4 is 34.5 Å². The van der Waals surface area contributed by atoms with Gasteiger partial charge in [0.1, 0.15) is 11.5 Å². The number of hydrogen-bond acceptors (Lipinski definition) is 3. The van der Waals surface area contributed by atoms with Crippen LogP contribution in [0.25, 0.3) is 5.13 Å². The van der Waals surface area contributed by atoms with Gasteiger partial charge in [-0.05, 0) is 13.8 Å². The molecule has 0 radical (unpaired) electrons. The summed E-state index contributed by atoms with van der Waals surface area (Å²) in [5.41, 5.74) is 2.07. The van der Waals surface area contributed by atoms with Gasteiger partial charge in [0.05, 0.1) is 16.5 Å². The number of aromatic nitrogens is 3. The first-order valence-corrected chi connectivity index (χ1v) is 6.08. The van der Waals surface area contributed by atoms with Crippen LogP contribution < -0.4 is 0 Å². The predicted molar refractivity (Wildman–Crippen MR) is 63.3 cm³/mol. The summed E-state index contributed by atoms with van der Waals surface area (Å²) >= 11 is 13.2. The average molecular weight is 262 g/mol.